The van der Waals surface area contributed by atoms with Gasteiger partial charge >= 0.3 is 0 Å². The maximum atomic E-state index is 11.8. The molecule has 116 valence electrons. The lowest BCUT2D eigenvalue weighted by Gasteiger charge is -2.07. The molecule has 0 atom stereocenters. The Bertz CT molecular complexity index is 617. The Morgan fingerprint density at radius 1 is 1.00 bits per heavy atom. The Morgan fingerprint density at radius 2 is 1.77 bits per heavy atom. The minimum atomic E-state index is 0.00299. The van der Waals surface area contributed by atoms with Crippen LogP contribution in [0.25, 0.3) is 0 Å². The fraction of sp³-hybridized carbons (Fsp3) is 0.235. The van der Waals surface area contributed by atoms with Crippen LogP contribution in [0.1, 0.15) is 12.0 Å². The van der Waals surface area contributed by atoms with Crippen LogP contribution in [-0.2, 0) is 11.2 Å². The summed E-state index contributed by atoms with van der Waals surface area (Å²) in [7, 11) is 0. The molecular formula is C17H18Cl2N2O. The second kappa shape index (κ2) is 8.79. The van der Waals surface area contributed by atoms with E-state index in [4.69, 9.17) is 23.2 Å². The molecule has 0 aliphatic heterocycles. The first kappa shape index (κ1) is 16.8. The van der Waals surface area contributed by atoms with Crippen molar-refractivity contribution in [3.63, 3.8) is 0 Å². The van der Waals surface area contributed by atoms with Crippen molar-refractivity contribution in [2.75, 3.05) is 18.4 Å². The first-order chi connectivity index (χ1) is 10.6. The van der Waals surface area contributed by atoms with Crippen molar-refractivity contribution in [2.45, 2.75) is 12.8 Å². The summed E-state index contributed by atoms with van der Waals surface area (Å²) in [5.41, 5.74) is 1.87. The fourth-order valence-electron chi connectivity index (χ4n) is 2.02. The molecule has 0 unspecified atom stereocenters. The predicted octanol–water partition coefficient (Wildman–Crippen LogP) is 4.15. The standard InChI is InChI=1S/C17H18Cl2N2O/c18-14-7-6-13(16(19)12-14)8-10-20-11-9-17(22)21-15-4-2-1-3-5-15/h1-7,12,20H,8-11H2,(H,21,22). The highest BCUT2D eigenvalue weighted by Gasteiger charge is 2.03. The normalized spacial score (nSPS) is 10.5. The maximum Gasteiger partial charge on any atom is 0.225 e. The van der Waals surface area contributed by atoms with E-state index in [0.29, 0.717) is 23.0 Å². The Kier molecular flexibility index (Phi) is 6.72. The van der Waals surface area contributed by atoms with Crippen molar-refractivity contribution in [3.8, 4) is 0 Å². The second-order valence-electron chi connectivity index (χ2n) is 4.90. The summed E-state index contributed by atoms with van der Waals surface area (Å²) in [5, 5.41) is 7.41. The van der Waals surface area contributed by atoms with Gasteiger partial charge in [-0.05, 0) is 42.8 Å². The predicted molar refractivity (Wildman–Crippen MR) is 92.7 cm³/mol. The highest BCUT2D eigenvalue weighted by molar-refractivity contribution is 6.35. The molecule has 0 bridgehead atoms. The second-order valence-corrected chi connectivity index (χ2v) is 5.74. The summed E-state index contributed by atoms with van der Waals surface area (Å²) in [4.78, 5) is 11.8. The van der Waals surface area contributed by atoms with E-state index in [-0.39, 0.29) is 5.91 Å². The molecule has 3 nitrogen and oxygen atoms in total. The number of hydrogen-bond donors (Lipinski definition) is 2. The van der Waals surface area contributed by atoms with E-state index in [1.54, 1.807) is 6.07 Å². The van der Waals surface area contributed by atoms with Gasteiger partial charge in [0.25, 0.3) is 0 Å². The summed E-state index contributed by atoms with van der Waals surface area (Å²) in [6.07, 6.45) is 1.24. The van der Waals surface area contributed by atoms with Crippen LogP contribution in [-0.4, -0.2) is 19.0 Å². The van der Waals surface area contributed by atoms with Crippen molar-refractivity contribution < 1.29 is 4.79 Å². The molecule has 0 saturated carbocycles. The number of anilines is 1. The van der Waals surface area contributed by atoms with E-state index in [9.17, 15) is 4.79 Å². The Hall–Kier alpha value is -1.55. The van der Waals surface area contributed by atoms with E-state index in [1.807, 2.05) is 42.5 Å². The van der Waals surface area contributed by atoms with Crippen molar-refractivity contribution in [3.05, 3.63) is 64.1 Å². The van der Waals surface area contributed by atoms with Crippen molar-refractivity contribution in [1.29, 1.82) is 0 Å². The molecule has 0 aromatic heterocycles. The molecule has 2 rings (SSSR count). The molecule has 2 aromatic rings. The van der Waals surface area contributed by atoms with Crippen LogP contribution in [0.5, 0.6) is 0 Å². The molecule has 0 heterocycles. The molecule has 5 heteroatoms. The lowest BCUT2D eigenvalue weighted by molar-refractivity contribution is -0.116. The number of halogens is 2. The SMILES string of the molecule is O=C(CCNCCc1ccc(Cl)cc1Cl)Nc1ccccc1. The smallest absolute Gasteiger partial charge is 0.225 e. The molecule has 2 N–H and O–H groups in total. The van der Waals surface area contributed by atoms with Crippen molar-refractivity contribution >= 4 is 34.8 Å². The fourth-order valence-corrected chi connectivity index (χ4v) is 2.52. The third-order valence-electron chi connectivity index (χ3n) is 3.17. The number of carbonyl (C=O) groups is 1. The van der Waals surface area contributed by atoms with E-state index in [2.05, 4.69) is 10.6 Å². The monoisotopic (exact) mass is 336 g/mol. The van der Waals surface area contributed by atoms with Crippen LogP contribution in [0.4, 0.5) is 5.69 Å². The largest absolute Gasteiger partial charge is 0.326 e. The minimum absolute atomic E-state index is 0.00299. The number of para-hydroxylation sites is 1. The highest BCUT2D eigenvalue weighted by Crippen LogP contribution is 2.20. The average molecular weight is 337 g/mol. The zero-order valence-electron chi connectivity index (χ0n) is 12.1. The van der Waals surface area contributed by atoms with Crippen LogP contribution in [0, 0.1) is 0 Å². The third kappa shape index (κ3) is 5.68. The molecule has 0 fully saturated rings. The summed E-state index contributed by atoms with van der Waals surface area (Å²) < 4.78 is 0. The average Bonchev–Trinajstić information content (AvgIpc) is 2.50. The number of carbonyl (C=O) groups excluding carboxylic acids is 1. The number of nitrogens with one attached hydrogen (secondary N) is 2. The summed E-state index contributed by atoms with van der Waals surface area (Å²) >= 11 is 12.0. The zero-order valence-corrected chi connectivity index (χ0v) is 13.6. The molecule has 0 aliphatic carbocycles. The van der Waals surface area contributed by atoms with Crippen LogP contribution < -0.4 is 10.6 Å². The Morgan fingerprint density at radius 3 is 2.50 bits per heavy atom. The summed E-state index contributed by atoms with van der Waals surface area (Å²) in [5.74, 6) is 0.00299. The number of amides is 1. The Balaban J connectivity index is 1.64. The van der Waals surface area contributed by atoms with Gasteiger partial charge in [0.05, 0.1) is 0 Å². The van der Waals surface area contributed by atoms with Gasteiger partial charge in [0.15, 0.2) is 0 Å². The van der Waals surface area contributed by atoms with Crippen LogP contribution in [0.15, 0.2) is 48.5 Å². The summed E-state index contributed by atoms with van der Waals surface area (Å²) in [6, 6.07) is 14.9. The maximum absolute atomic E-state index is 11.8. The van der Waals surface area contributed by atoms with Gasteiger partial charge in [-0.3, -0.25) is 4.79 Å². The van der Waals surface area contributed by atoms with E-state index in [1.165, 1.54) is 0 Å². The molecular weight excluding hydrogens is 319 g/mol. The highest BCUT2D eigenvalue weighted by atomic mass is 35.5. The molecule has 0 spiro atoms. The summed E-state index contributed by atoms with van der Waals surface area (Å²) in [6.45, 7) is 1.39. The van der Waals surface area contributed by atoms with Gasteiger partial charge in [-0.2, -0.15) is 0 Å². The van der Waals surface area contributed by atoms with Gasteiger partial charge in [0.1, 0.15) is 0 Å². The van der Waals surface area contributed by atoms with Gasteiger partial charge in [-0.1, -0.05) is 47.5 Å². The van der Waals surface area contributed by atoms with Crippen LogP contribution in [0.3, 0.4) is 0 Å². The first-order valence-corrected chi connectivity index (χ1v) is 7.90. The third-order valence-corrected chi connectivity index (χ3v) is 3.76. The number of benzene rings is 2. The number of rotatable bonds is 7. The van der Waals surface area contributed by atoms with Crippen molar-refractivity contribution in [1.82, 2.24) is 5.32 Å². The molecule has 1 amide bonds. The molecule has 2 aromatic carbocycles. The van der Waals surface area contributed by atoms with Crippen molar-refractivity contribution in [2.24, 2.45) is 0 Å². The van der Waals surface area contributed by atoms with E-state index >= 15 is 0 Å². The Labute approximate surface area is 140 Å². The van der Waals surface area contributed by atoms with E-state index in [0.717, 1.165) is 24.2 Å². The van der Waals surface area contributed by atoms with Gasteiger partial charge in [0, 0.05) is 28.7 Å². The van der Waals surface area contributed by atoms with E-state index < -0.39 is 0 Å². The molecule has 0 aliphatic rings. The topological polar surface area (TPSA) is 41.1 Å². The van der Waals surface area contributed by atoms with Gasteiger partial charge < -0.3 is 10.6 Å². The van der Waals surface area contributed by atoms with Crippen LogP contribution >= 0.6 is 23.2 Å². The number of hydrogen-bond acceptors (Lipinski definition) is 2. The van der Waals surface area contributed by atoms with Gasteiger partial charge in [-0.25, -0.2) is 0 Å². The minimum Gasteiger partial charge on any atom is -0.326 e. The van der Waals surface area contributed by atoms with Gasteiger partial charge in [0.2, 0.25) is 5.91 Å². The molecule has 0 radical (unpaired) electrons. The zero-order chi connectivity index (χ0) is 15.8. The van der Waals surface area contributed by atoms with Crippen LogP contribution in [0.2, 0.25) is 10.0 Å². The quantitative estimate of drug-likeness (QED) is 0.745. The first-order valence-electron chi connectivity index (χ1n) is 7.15. The lowest BCUT2D eigenvalue weighted by Crippen LogP contribution is -2.23. The van der Waals surface area contributed by atoms with Gasteiger partial charge in [-0.15, -0.1) is 0 Å². The molecule has 22 heavy (non-hydrogen) atoms. The lowest BCUT2D eigenvalue weighted by atomic mass is 10.1. The molecule has 0 saturated heterocycles.